The molecule has 0 aliphatic heterocycles. The van der Waals surface area contributed by atoms with Crippen LogP contribution >= 0.6 is 0 Å². The fourth-order valence-electron chi connectivity index (χ4n) is 1.91. The number of methoxy groups -OCH3 is 1. The number of imidazole rings is 1. The van der Waals surface area contributed by atoms with Crippen molar-refractivity contribution in [3.63, 3.8) is 0 Å². The lowest BCUT2D eigenvalue weighted by Gasteiger charge is -2.12. The Morgan fingerprint density at radius 1 is 1.33 bits per heavy atom. The Bertz CT molecular complexity index is 569. The van der Waals surface area contributed by atoms with Gasteiger partial charge < -0.3 is 19.4 Å². The van der Waals surface area contributed by atoms with Crippen molar-refractivity contribution in [2.24, 2.45) is 7.05 Å². The molecule has 0 radical (unpaired) electrons. The number of aromatic nitrogens is 3. The summed E-state index contributed by atoms with van der Waals surface area (Å²) in [6, 6.07) is 3.91. The van der Waals surface area contributed by atoms with E-state index in [0.717, 1.165) is 29.5 Å². The molecule has 0 atom stereocenters. The lowest BCUT2D eigenvalue weighted by Crippen LogP contribution is -2.20. The summed E-state index contributed by atoms with van der Waals surface area (Å²) in [5.41, 5.74) is 1.88. The van der Waals surface area contributed by atoms with Gasteiger partial charge in [-0.05, 0) is 19.1 Å². The van der Waals surface area contributed by atoms with Crippen LogP contribution in [0.3, 0.4) is 0 Å². The predicted molar refractivity (Wildman–Crippen MR) is 80.1 cm³/mol. The highest BCUT2D eigenvalue weighted by atomic mass is 16.5. The molecule has 0 fully saturated rings. The molecule has 1 N–H and O–H groups in total. The zero-order chi connectivity index (χ0) is 15.1. The van der Waals surface area contributed by atoms with Gasteiger partial charge in [0.25, 0.3) is 0 Å². The van der Waals surface area contributed by atoms with Gasteiger partial charge in [0.05, 0.1) is 12.3 Å². The molecule has 114 valence electrons. The summed E-state index contributed by atoms with van der Waals surface area (Å²) in [7, 11) is 3.64. The van der Waals surface area contributed by atoms with Crippen molar-refractivity contribution in [3.05, 3.63) is 41.7 Å². The van der Waals surface area contributed by atoms with E-state index in [0.29, 0.717) is 19.8 Å². The number of pyridine rings is 1. The number of rotatable bonds is 8. The molecule has 6 heteroatoms. The second-order valence-corrected chi connectivity index (χ2v) is 4.81. The van der Waals surface area contributed by atoms with E-state index in [1.807, 2.05) is 36.9 Å². The minimum absolute atomic E-state index is 0.430. The van der Waals surface area contributed by atoms with Gasteiger partial charge in [-0.25, -0.2) is 4.98 Å². The quantitative estimate of drug-likeness (QED) is 0.745. The third kappa shape index (κ3) is 4.54. The van der Waals surface area contributed by atoms with Crippen LogP contribution in [0.1, 0.15) is 17.2 Å². The summed E-state index contributed by atoms with van der Waals surface area (Å²) in [5.74, 6) is 1.67. The average Bonchev–Trinajstić information content (AvgIpc) is 2.88. The lowest BCUT2D eigenvalue weighted by atomic mass is 10.3. The Kier molecular flexibility index (Phi) is 5.71. The van der Waals surface area contributed by atoms with Gasteiger partial charge in [0.15, 0.2) is 0 Å². The Hall–Kier alpha value is -1.92. The van der Waals surface area contributed by atoms with Crippen molar-refractivity contribution in [3.8, 4) is 5.75 Å². The number of ether oxygens (including phenoxy) is 2. The molecule has 0 aliphatic carbocycles. The van der Waals surface area contributed by atoms with Gasteiger partial charge in [0, 0.05) is 45.3 Å². The number of nitrogens with one attached hydrogen (secondary N) is 1. The molecule has 6 nitrogen and oxygen atoms in total. The summed E-state index contributed by atoms with van der Waals surface area (Å²) in [6.45, 7) is 4.52. The maximum atomic E-state index is 5.86. The first kappa shape index (κ1) is 15.5. The van der Waals surface area contributed by atoms with Gasteiger partial charge in [-0.1, -0.05) is 0 Å². The van der Waals surface area contributed by atoms with Gasteiger partial charge in [0.1, 0.15) is 18.2 Å². The van der Waals surface area contributed by atoms with Gasteiger partial charge in [-0.2, -0.15) is 0 Å². The lowest BCUT2D eigenvalue weighted by molar-refractivity contribution is 0.198. The van der Waals surface area contributed by atoms with Gasteiger partial charge >= 0.3 is 0 Å². The van der Waals surface area contributed by atoms with Gasteiger partial charge in [-0.3, -0.25) is 4.98 Å². The zero-order valence-electron chi connectivity index (χ0n) is 12.8. The molecule has 0 saturated heterocycles. The smallest absolute Gasteiger partial charge is 0.146 e. The molecule has 2 heterocycles. The Morgan fingerprint density at radius 3 is 2.90 bits per heavy atom. The number of aryl methyl sites for hydroxylation is 2. The van der Waals surface area contributed by atoms with E-state index in [2.05, 4.69) is 15.3 Å². The highest BCUT2D eigenvalue weighted by molar-refractivity contribution is 5.29. The van der Waals surface area contributed by atoms with Crippen molar-refractivity contribution in [2.45, 2.75) is 20.1 Å². The highest BCUT2D eigenvalue weighted by Gasteiger charge is 2.08. The molecule has 2 aromatic heterocycles. The summed E-state index contributed by atoms with van der Waals surface area (Å²) >= 11 is 0. The molecule has 21 heavy (non-hydrogen) atoms. The summed E-state index contributed by atoms with van der Waals surface area (Å²) < 4.78 is 12.8. The van der Waals surface area contributed by atoms with E-state index >= 15 is 0 Å². The van der Waals surface area contributed by atoms with Crippen molar-refractivity contribution >= 4 is 0 Å². The maximum Gasteiger partial charge on any atom is 0.146 e. The second-order valence-electron chi connectivity index (χ2n) is 4.81. The minimum Gasteiger partial charge on any atom is -0.484 e. The Labute approximate surface area is 125 Å². The Balaban J connectivity index is 1.99. The van der Waals surface area contributed by atoms with Crippen LogP contribution < -0.4 is 10.1 Å². The van der Waals surface area contributed by atoms with E-state index in [4.69, 9.17) is 9.47 Å². The molecule has 0 bridgehead atoms. The van der Waals surface area contributed by atoms with Crippen LogP contribution in [0.15, 0.2) is 24.5 Å². The summed E-state index contributed by atoms with van der Waals surface area (Å²) in [4.78, 5) is 8.79. The molecular weight excluding hydrogens is 268 g/mol. The standard InChI is InChI=1S/C15H22N4O2/c1-12-4-5-14(13(18-12)10-16-7-9-20-3)21-11-15-17-6-8-19(15)2/h4-6,8,16H,7,9-11H2,1-3H3. The monoisotopic (exact) mass is 290 g/mol. The van der Waals surface area contributed by atoms with Gasteiger partial charge in [0.2, 0.25) is 0 Å². The number of nitrogens with zero attached hydrogens (tertiary/aromatic N) is 3. The van der Waals surface area contributed by atoms with Crippen LogP contribution in [0.25, 0.3) is 0 Å². The molecule has 0 saturated carbocycles. The van der Waals surface area contributed by atoms with E-state index in [1.54, 1.807) is 13.3 Å². The largest absolute Gasteiger partial charge is 0.484 e. The molecule has 0 unspecified atom stereocenters. The first-order chi connectivity index (χ1) is 10.2. The first-order valence-electron chi connectivity index (χ1n) is 6.96. The third-order valence-corrected chi connectivity index (χ3v) is 3.12. The number of hydrogen-bond donors (Lipinski definition) is 1. The van der Waals surface area contributed by atoms with Crippen LogP contribution in [-0.2, 0) is 24.9 Å². The summed E-state index contributed by atoms with van der Waals surface area (Å²) in [6.07, 6.45) is 3.67. The third-order valence-electron chi connectivity index (χ3n) is 3.12. The van der Waals surface area contributed by atoms with E-state index in [-0.39, 0.29) is 0 Å². The molecule has 0 aliphatic rings. The fraction of sp³-hybridized carbons (Fsp3) is 0.467. The van der Waals surface area contributed by atoms with Crippen LogP contribution in [-0.4, -0.2) is 34.8 Å². The van der Waals surface area contributed by atoms with Crippen molar-refractivity contribution in [1.29, 1.82) is 0 Å². The first-order valence-corrected chi connectivity index (χ1v) is 6.96. The normalized spacial score (nSPS) is 10.8. The summed E-state index contributed by atoms with van der Waals surface area (Å²) in [5, 5.41) is 3.29. The molecule has 2 aromatic rings. The average molecular weight is 290 g/mol. The van der Waals surface area contributed by atoms with E-state index in [9.17, 15) is 0 Å². The van der Waals surface area contributed by atoms with E-state index < -0.39 is 0 Å². The maximum absolute atomic E-state index is 5.86. The van der Waals surface area contributed by atoms with Crippen LogP contribution in [0.2, 0.25) is 0 Å². The molecule has 2 rings (SSSR count). The Morgan fingerprint density at radius 2 is 2.19 bits per heavy atom. The van der Waals surface area contributed by atoms with Crippen molar-refractivity contribution in [1.82, 2.24) is 19.9 Å². The highest BCUT2D eigenvalue weighted by Crippen LogP contribution is 2.18. The van der Waals surface area contributed by atoms with Crippen molar-refractivity contribution in [2.75, 3.05) is 20.3 Å². The molecular formula is C15H22N4O2. The van der Waals surface area contributed by atoms with Gasteiger partial charge in [-0.15, -0.1) is 0 Å². The van der Waals surface area contributed by atoms with Crippen LogP contribution in [0.5, 0.6) is 5.75 Å². The zero-order valence-corrected chi connectivity index (χ0v) is 12.8. The second kappa shape index (κ2) is 7.75. The molecule has 0 amide bonds. The SMILES string of the molecule is COCCNCc1nc(C)ccc1OCc1nccn1C. The van der Waals surface area contributed by atoms with Crippen molar-refractivity contribution < 1.29 is 9.47 Å². The molecule has 0 spiro atoms. The van der Waals surface area contributed by atoms with Crippen LogP contribution in [0, 0.1) is 6.92 Å². The van der Waals surface area contributed by atoms with E-state index in [1.165, 1.54) is 0 Å². The fourth-order valence-corrected chi connectivity index (χ4v) is 1.91. The molecule has 0 aromatic carbocycles. The number of hydrogen-bond acceptors (Lipinski definition) is 5. The topological polar surface area (TPSA) is 61.2 Å². The van der Waals surface area contributed by atoms with Crippen LogP contribution in [0.4, 0.5) is 0 Å². The predicted octanol–water partition coefficient (Wildman–Crippen LogP) is 1.44. The minimum atomic E-state index is 0.430.